The van der Waals surface area contributed by atoms with Crippen molar-refractivity contribution in [3.05, 3.63) is 89.1 Å². The van der Waals surface area contributed by atoms with E-state index in [0.717, 1.165) is 22.6 Å². The smallest absolute Gasteiger partial charge is 0.237 e. The van der Waals surface area contributed by atoms with Crippen molar-refractivity contribution in [2.45, 2.75) is 32.4 Å². The van der Waals surface area contributed by atoms with E-state index in [9.17, 15) is 9.59 Å². The van der Waals surface area contributed by atoms with Crippen molar-refractivity contribution >= 4 is 29.2 Å². The molecule has 0 radical (unpaired) electrons. The summed E-state index contributed by atoms with van der Waals surface area (Å²) in [7, 11) is 3.17. The quantitative estimate of drug-likeness (QED) is 0.292. The number of aromatic nitrogens is 4. The van der Waals surface area contributed by atoms with Gasteiger partial charge in [-0.15, -0.1) is 0 Å². The highest BCUT2D eigenvalue weighted by Crippen LogP contribution is 2.26. The second kappa shape index (κ2) is 13.6. The number of aryl methyl sites for hydroxylation is 1. The zero-order chi connectivity index (χ0) is 30.3. The average Bonchev–Trinajstić information content (AvgIpc) is 3.56. The second-order valence-corrected chi connectivity index (χ2v) is 10.7. The third kappa shape index (κ3) is 7.42. The van der Waals surface area contributed by atoms with Crippen molar-refractivity contribution < 1.29 is 19.1 Å². The van der Waals surface area contributed by atoms with Crippen LogP contribution in [0.4, 0.5) is 5.82 Å². The van der Waals surface area contributed by atoms with Crippen LogP contribution in [-0.2, 0) is 22.6 Å². The molecule has 12 heteroatoms. The van der Waals surface area contributed by atoms with Gasteiger partial charge in [-0.25, -0.2) is 9.97 Å². The van der Waals surface area contributed by atoms with Gasteiger partial charge < -0.3 is 24.6 Å². The van der Waals surface area contributed by atoms with E-state index in [0.29, 0.717) is 48.7 Å². The predicted molar refractivity (Wildman–Crippen MR) is 163 cm³/mol. The van der Waals surface area contributed by atoms with E-state index in [1.165, 1.54) is 0 Å². The van der Waals surface area contributed by atoms with Gasteiger partial charge in [0.25, 0.3) is 0 Å². The lowest BCUT2D eigenvalue weighted by Crippen LogP contribution is -2.56. The lowest BCUT2D eigenvalue weighted by Gasteiger charge is -2.42. The fourth-order valence-corrected chi connectivity index (χ4v) is 5.35. The number of halogens is 1. The van der Waals surface area contributed by atoms with Gasteiger partial charge in [-0.2, -0.15) is 4.98 Å². The molecule has 0 aliphatic carbocycles. The number of ether oxygens (including phenoxy) is 2. The van der Waals surface area contributed by atoms with E-state index in [4.69, 9.17) is 26.1 Å². The fourth-order valence-electron chi connectivity index (χ4n) is 5.07. The minimum Gasteiger partial charge on any atom is -0.497 e. The summed E-state index contributed by atoms with van der Waals surface area (Å²) in [6, 6.07) is 14.5. The molecule has 224 valence electrons. The summed E-state index contributed by atoms with van der Waals surface area (Å²) in [6.45, 7) is 3.61. The molecule has 3 heterocycles. The molecule has 11 nitrogen and oxygen atoms in total. The van der Waals surface area contributed by atoms with Crippen LogP contribution in [0.1, 0.15) is 23.2 Å². The van der Waals surface area contributed by atoms with Crippen LogP contribution < -0.4 is 19.7 Å². The first-order valence-electron chi connectivity index (χ1n) is 13.9. The summed E-state index contributed by atoms with van der Waals surface area (Å²) in [4.78, 5) is 44.0. The van der Waals surface area contributed by atoms with Crippen LogP contribution in [0.2, 0.25) is 5.02 Å². The van der Waals surface area contributed by atoms with Crippen LogP contribution in [0.25, 0.3) is 5.95 Å². The fraction of sp³-hybridized carbons (Fsp3) is 0.323. The number of anilines is 1. The van der Waals surface area contributed by atoms with Crippen molar-refractivity contribution in [3.8, 4) is 17.4 Å². The molecule has 1 N–H and O–H groups in total. The van der Waals surface area contributed by atoms with Crippen LogP contribution in [0.15, 0.2) is 67.3 Å². The van der Waals surface area contributed by atoms with E-state index in [2.05, 4.69) is 20.2 Å². The van der Waals surface area contributed by atoms with Crippen LogP contribution in [-0.4, -0.2) is 76.1 Å². The highest BCUT2D eigenvalue weighted by Gasteiger charge is 2.32. The summed E-state index contributed by atoms with van der Waals surface area (Å²) in [5.41, 5.74) is 2.54. The number of methoxy groups -OCH3 is 2. The maximum atomic E-state index is 13.4. The van der Waals surface area contributed by atoms with Gasteiger partial charge in [-0.1, -0.05) is 29.8 Å². The number of benzene rings is 2. The average molecular weight is 604 g/mol. The van der Waals surface area contributed by atoms with E-state index in [1.54, 1.807) is 49.6 Å². The Hall–Kier alpha value is -4.64. The SMILES string of the molecule is COc1ccc(CC(=O)N2CCN(c3cc(C)nc(-n4ccnc4)n3)C(CC(=O)NCc3ccc(OC)c(Cl)c3)C2)cc1. The van der Waals surface area contributed by atoms with Crippen molar-refractivity contribution in [3.63, 3.8) is 0 Å². The van der Waals surface area contributed by atoms with Crippen molar-refractivity contribution in [1.82, 2.24) is 29.7 Å². The molecular formula is C31H34ClN7O4. The Bertz CT molecular complexity index is 1560. The van der Waals surface area contributed by atoms with Gasteiger partial charge in [0.1, 0.15) is 23.6 Å². The van der Waals surface area contributed by atoms with Gasteiger partial charge in [-0.3, -0.25) is 14.2 Å². The Kier molecular flexibility index (Phi) is 9.41. The number of imidazole rings is 1. The molecule has 1 atom stereocenters. The summed E-state index contributed by atoms with van der Waals surface area (Å²) in [6.07, 6.45) is 5.52. The topological polar surface area (TPSA) is 115 Å². The molecular weight excluding hydrogens is 570 g/mol. The molecule has 5 rings (SSSR count). The minimum atomic E-state index is -0.307. The molecule has 1 aliphatic rings. The van der Waals surface area contributed by atoms with Gasteiger partial charge in [0.15, 0.2) is 0 Å². The lowest BCUT2D eigenvalue weighted by molar-refractivity contribution is -0.132. The van der Waals surface area contributed by atoms with Crippen LogP contribution in [0.3, 0.4) is 0 Å². The van der Waals surface area contributed by atoms with E-state index < -0.39 is 0 Å². The van der Waals surface area contributed by atoms with Gasteiger partial charge in [0.2, 0.25) is 17.8 Å². The monoisotopic (exact) mass is 603 g/mol. The first kappa shape index (κ1) is 29.8. The predicted octanol–water partition coefficient (Wildman–Crippen LogP) is 3.61. The van der Waals surface area contributed by atoms with Crippen molar-refractivity contribution in [2.24, 2.45) is 0 Å². The minimum absolute atomic E-state index is 0.000993. The zero-order valence-corrected chi connectivity index (χ0v) is 25.1. The third-order valence-corrected chi connectivity index (χ3v) is 7.63. The molecule has 4 aromatic rings. The first-order valence-corrected chi connectivity index (χ1v) is 14.3. The van der Waals surface area contributed by atoms with E-state index in [1.807, 2.05) is 48.2 Å². The summed E-state index contributed by atoms with van der Waals surface area (Å²) < 4.78 is 12.2. The largest absolute Gasteiger partial charge is 0.497 e. The normalized spacial score (nSPS) is 14.8. The summed E-state index contributed by atoms with van der Waals surface area (Å²) in [5.74, 6) is 2.35. The Morgan fingerprint density at radius 2 is 1.81 bits per heavy atom. The Morgan fingerprint density at radius 1 is 1.02 bits per heavy atom. The third-order valence-electron chi connectivity index (χ3n) is 7.34. The number of rotatable bonds is 10. The number of hydrogen-bond acceptors (Lipinski definition) is 8. The van der Waals surface area contributed by atoms with E-state index in [-0.39, 0.29) is 30.7 Å². The number of nitrogens with one attached hydrogen (secondary N) is 1. The maximum absolute atomic E-state index is 13.4. The van der Waals surface area contributed by atoms with Gasteiger partial charge in [0.05, 0.1) is 31.7 Å². The van der Waals surface area contributed by atoms with Gasteiger partial charge in [0, 0.05) is 56.8 Å². The molecule has 1 fully saturated rings. The second-order valence-electron chi connectivity index (χ2n) is 10.3. The Morgan fingerprint density at radius 3 is 2.51 bits per heavy atom. The first-order chi connectivity index (χ1) is 20.8. The number of nitrogens with zero attached hydrogens (tertiary/aromatic N) is 6. The van der Waals surface area contributed by atoms with Gasteiger partial charge in [-0.05, 0) is 42.3 Å². The zero-order valence-electron chi connectivity index (χ0n) is 24.4. The molecule has 0 spiro atoms. The number of hydrogen-bond donors (Lipinski definition) is 1. The highest BCUT2D eigenvalue weighted by molar-refractivity contribution is 6.32. The molecule has 1 aliphatic heterocycles. The standard InChI is InChI=1S/C31H34ClN7O4/c1-21-14-28(36-31(35-21)38-11-10-33-20-38)39-13-12-37(30(41)16-22-4-7-25(42-2)8-5-22)19-24(39)17-29(40)34-18-23-6-9-27(43-3)26(32)15-23/h4-11,14-15,20,24H,12-13,16-19H2,1-3H3,(H,34,40). The molecule has 2 aromatic carbocycles. The number of piperazine rings is 1. The maximum Gasteiger partial charge on any atom is 0.237 e. The summed E-state index contributed by atoms with van der Waals surface area (Å²) in [5, 5.41) is 3.48. The van der Waals surface area contributed by atoms with Crippen LogP contribution in [0.5, 0.6) is 11.5 Å². The van der Waals surface area contributed by atoms with Crippen molar-refractivity contribution in [1.29, 1.82) is 0 Å². The Balaban J connectivity index is 1.33. The lowest BCUT2D eigenvalue weighted by atomic mass is 10.1. The van der Waals surface area contributed by atoms with E-state index >= 15 is 0 Å². The molecule has 2 amide bonds. The molecule has 0 saturated carbocycles. The number of carbonyl (C=O) groups is 2. The molecule has 1 saturated heterocycles. The highest BCUT2D eigenvalue weighted by atomic mass is 35.5. The molecule has 2 aromatic heterocycles. The molecule has 0 bridgehead atoms. The van der Waals surface area contributed by atoms with Crippen LogP contribution >= 0.6 is 11.6 Å². The van der Waals surface area contributed by atoms with Crippen molar-refractivity contribution in [2.75, 3.05) is 38.8 Å². The molecule has 1 unspecified atom stereocenters. The Labute approximate surface area is 255 Å². The van der Waals surface area contributed by atoms with Gasteiger partial charge >= 0.3 is 0 Å². The van der Waals surface area contributed by atoms with Crippen LogP contribution in [0, 0.1) is 6.92 Å². The summed E-state index contributed by atoms with van der Waals surface area (Å²) >= 11 is 6.26. The number of carbonyl (C=O) groups excluding carboxylic acids is 2. The molecule has 43 heavy (non-hydrogen) atoms. The number of amides is 2.